The second kappa shape index (κ2) is 5.70. The lowest BCUT2D eigenvalue weighted by atomic mass is 10.3. The first-order valence-electron chi connectivity index (χ1n) is 5.65. The van der Waals surface area contributed by atoms with E-state index < -0.39 is 10.0 Å². The summed E-state index contributed by atoms with van der Waals surface area (Å²) >= 11 is 0. The predicted molar refractivity (Wildman–Crippen MR) is 73.6 cm³/mol. The second-order valence-corrected chi connectivity index (χ2v) is 5.80. The Morgan fingerprint density at radius 1 is 1.30 bits per heavy atom. The van der Waals surface area contributed by atoms with Gasteiger partial charge in [0.2, 0.25) is 15.9 Å². The fourth-order valence-corrected chi connectivity index (χ4v) is 1.93. The molecule has 2 rings (SSSR count). The second-order valence-electron chi connectivity index (χ2n) is 4.05. The topological polar surface area (TPSA) is 106 Å². The molecule has 1 amide bonds. The molecule has 20 heavy (non-hydrogen) atoms. The molecule has 1 aromatic carbocycles. The highest BCUT2D eigenvalue weighted by Gasteiger charge is 2.09. The van der Waals surface area contributed by atoms with Gasteiger partial charge >= 0.3 is 0 Å². The SMILES string of the molecule is CS(=O)(=O)Nc1cnn(CC(=O)Nc2ccccc2)n1. The molecule has 8 nitrogen and oxygen atoms in total. The van der Waals surface area contributed by atoms with Gasteiger partial charge in [-0.05, 0) is 12.1 Å². The number of anilines is 2. The maximum atomic E-state index is 11.7. The number of rotatable bonds is 5. The number of carbonyl (C=O) groups is 1. The molecule has 0 aliphatic rings. The van der Waals surface area contributed by atoms with Crippen LogP contribution >= 0.6 is 0 Å². The molecule has 0 spiro atoms. The fourth-order valence-electron chi connectivity index (χ4n) is 1.46. The number of para-hydroxylation sites is 1. The number of sulfonamides is 1. The maximum absolute atomic E-state index is 11.7. The number of hydrogen-bond acceptors (Lipinski definition) is 5. The molecule has 0 radical (unpaired) electrons. The van der Waals surface area contributed by atoms with E-state index in [1.54, 1.807) is 24.3 Å². The first-order chi connectivity index (χ1) is 9.42. The van der Waals surface area contributed by atoms with Crippen LogP contribution in [0.15, 0.2) is 36.5 Å². The summed E-state index contributed by atoms with van der Waals surface area (Å²) in [4.78, 5) is 12.8. The van der Waals surface area contributed by atoms with E-state index in [1.807, 2.05) is 6.07 Å². The standard InChI is InChI=1S/C11H13N5O3S/c1-20(18,19)15-10-7-12-16(14-10)8-11(17)13-9-5-3-2-4-6-9/h2-7H,8H2,1H3,(H,13,17)(H,14,15). The molecule has 0 bridgehead atoms. The van der Waals surface area contributed by atoms with E-state index in [-0.39, 0.29) is 18.3 Å². The normalized spacial score (nSPS) is 11.1. The molecule has 0 saturated heterocycles. The minimum Gasteiger partial charge on any atom is -0.324 e. The highest BCUT2D eigenvalue weighted by molar-refractivity contribution is 7.92. The van der Waals surface area contributed by atoms with Crippen LogP contribution in [0.25, 0.3) is 0 Å². The Morgan fingerprint density at radius 3 is 2.65 bits per heavy atom. The van der Waals surface area contributed by atoms with Crippen LogP contribution in [0, 0.1) is 0 Å². The Hall–Kier alpha value is -2.42. The molecule has 0 fully saturated rings. The van der Waals surface area contributed by atoms with E-state index in [0.717, 1.165) is 11.1 Å². The maximum Gasteiger partial charge on any atom is 0.247 e. The quantitative estimate of drug-likeness (QED) is 0.824. The lowest BCUT2D eigenvalue weighted by molar-refractivity contribution is -0.117. The van der Waals surface area contributed by atoms with Crippen molar-refractivity contribution in [2.75, 3.05) is 16.3 Å². The number of nitrogens with zero attached hydrogens (tertiary/aromatic N) is 3. The molecule has 1 heterocycles. The van der Waals surface area contributed by atoms with Crippen molar-refractivity contribution in [3.63, 3.8) is 0 Å². The van der Waals surface area contributed by atoms with Gasteiger partial charge < -0.3 is 5.32 Å². The summed E-state index contributed by atoms with van der Waals surface area (Å²) in [5.41, 5.74) is 0.666. The number of benzene rings is 1. The summed E-state index contributed by atoms with van der Waals surface area (Å²) in [6.45, 7) is -0.111. The lowest BCUT2D eigenvalue weighted by Gasteiger charge is -2.03. The lowest BCUT2D eigenvalue weighted by Crippen LogP contribution is -2.20. The van der Waals surface area contributed by atoms with Gasteiger partial charge in [0.15, 0.2) is 5.82 Å². The van der Waals surface area contributed by atoms with Crippen LogP contribution in [-0.2, 0) is 21.4 Å². The highest BCUT2D eigenvalue weighted by Crippen LogP contribution is 2.05. The Kier molecular flexibility index (Phi) is 3.99. The smallest absolute Gasteiger partial charge is 0.247 e. The largest absolute Gasteiger partial charge is 0.324 e. The van der Waals surface area contributed by atoms with Crippen molar-refractivity contribution in [3.05, 3.63) is 36.5 Å². The van der Waals surface area contributed by atoms with Gasteiger partial charge in [-0.25, -0.2) is 8.42 Å². The van der Waals surface area contributed by atoms with Crippen molar-refractivity contribution in [1.29, 1.82) is 0 Å². The van der Waals surface area contributed by atoms with E-state index in [4.69, 9.17) is 0 Å². The van der Waals surface area contributed by atoms with Gasteiger partial charge in [0.25, 0.3) is 0 Å². The summed E-state index contributed by atoms with van der Waals surface area (Å²) < 4.78 is 24.2. The van der Waals surface area contributed by atoms with E-state index >= 15 is 0 Å². The number of amides is 1. The van der Waals surface area contributed by atoms with E-state index in [9.17, 15) is 13.2 Å². The van der Waals surface area contributed by atoms with Crippen LogP contribution in [-0.4, -0.2) is 35.6 Å². The third kappa shape index (κ3) is 4.35. The summed E-state index contributed by atoms with van der Waals surface area (Å²) in [5, 5.41) is 10.3. The first kappa shape index (κ1) is 14.0. The minimum atomic E-state index is -3.41. The third-order valence-electron chi connectivity index (χ3n) is 2.17. The molecule has 0 aliphatic carbocycles. The Bertz CT molecular complexity index is 696. The van der Waals surface area contributed by atoms with Crippen molar-refractivity contribution in [3.8, 4) is 0 Å². The summed E-state index contributed by atoms with van der Waals surface area (Å²) in [6, 6.07) is 8.95. The van der Waals surface area contributed by atoms with Gasteiger partial charge in [-0.1, -0.05) is 18.2 Å². The molecule has 0 aliphatic heterocycles. The van der Waals surface area contributed by atoms with Crippen molar-refractivity contribution < 1.29 is 13.2 Å². The van der Waals surface area contributed by atoms with Crippen LogP contribution in [0.3, 0.4) is 0 Å². The Labute approximate surface area is 115 Å². The van der Waals surface area contributed by atoms with E-state index in [1.165, 1.54) is 6.20 Å². The van der Waals surface area contributed by atoms with Gasteiger partial charge in [0, 0.05) is 5.69 Å². The fraction of sp³-hybridized carbons (Fsp3) is 0.182. The molecule has 2 aromatic rings. The zero-order valence-corrected chi connectivity index (χ0v) is 11.5. The van der Waals surface area contributed by atoms with Gasteiger partial charge in [-0.2, -0.15) is 9.90 Å². The van der Waals surface area contributed by atoms with Gasteiger partial charge in [-0.3, -0.25) is 9.52 Å². The van der Waals surface area contributed by atoms with E-state index in [2.05, 4.69) is 20.2 Å². The number of aromatic nitrogens is 3. The first-order valence-corrected chi connectivity index (χ1v) is 7.54. The van der Waals surface area contributed by atoms with Crippen LogP contribution in [0.4, 0.5) is 11.5 Å². The molecule has 1 aromatic heterocycles. The highest BCUT2D eigenvalue weighted by atomic mass is 32.2. The average molecular weight is 295 g/mol. The summed E-state index contributed by atoms with van der Waals surface area (Å²) in [5.74, 6) is -0.238. The number of nitrogens with one attached hydrogen (secondary N) is 2. The molecule has 9 heteroatoms. The van der Waals surface area contributed by atoms with Gasteiger partial charge in [0.1, 0.15) is 6.54 Å². The van der Waals surface area contributed by atoms with Crippen molar-refractivity contribution >= 4 is 27.4 Å². The van der Waals surface area contributed by atoms with Crippen LogP contribution in [0.2, 0.25) is 0 Å². The zero-order chi connectivity index (χ0) is 14.6. The molecular weight excluding hydrogens is 282 g/mol. The molecule has 2 N–H and O–H groups in total. The van der Waals surface area contributed by atoms with Crippen LogP contribution in [0.5, 0.6) is 0 Å². The molecular formula is C11H13N5O3S. The van der Waals surface area contributed by atoms with Crippen molar-refractivity contribution in [2.45, 2.75) is 6.54 Å². The number of carbonyl (C=O) groups excluding carboxylic acids is 1. The monoisotopic (exact) mass is 295 g/mol. The van der Waals surface area contributed by atoms with Crippen molar-refractivity contribution in [1.82, 2.24) is 15.0 Å². The number of hydrogen-bond donors (Lipinski definition) is 2. The molecule has 0 atom stereocenters. The molecule has 0 saturated carbocycles. The minimum absolute atomic E-state index is 0.0695. The van der Waals surface area contributed by atoms with Crippen LogP contribution < -0.4 is 10.0 Å². The zero-order valence-electron chi connectivity index (χ0n) is 10.6. The Morgan fingerprint density at radius 2 is 2.00 bits per heavy atom. The molecule has 0 unspecified atom stereocenters. The summed E-state index contributed by atoms with van der Waals surface area (Å²) in [7, 11) is -3.41. The van der Waals surface area contributed by atoms with Crippen molar-refractivity contribution in [2.24, 2.45) is 0 Å². The third-order valence-corrected chi connectivity index (χ3v) is 2.75. The van der Waals surface area contributed by atoms with E-state index in [0.29, 0.717) is 5.69 Å². The molecule has 106 valence electrons. The van der Waals surface area contributed by atoms with Crippen LogP contribution in [0.1, 0.15) is 0 Å². The Balaban J connectivity index is 1.95. The van der Waals surface area contributed by atoms with Gasteiger partial charge in [0.05, 0.1) is 12.5 Å². The summed E-state index contributed by atoms with van der Waals surface area (Å²) in [6.07, 6.45) is 2.24. The predicted octanol–water partition coefficient (Wildman–Crippen LogP) is 0.288. The average Bonchev–Trinajstić information content (AvgIpc) is 2.75. The van der Waals surface area contributed by atoms with Gasteiger partial charge in [-0.15, -0.1) is 5.10 Å².